The topological polar surface area (TPSA) is 165 Å². The first-order valence-electron chi connectivity index (χ1n) is 14.2. The summed E-state index contributed by atoms with van der Waals surface area (Å²) >= 11 is 0. The minimum Gasteiger partial charge on any atom is -0.478 e. The number of aliphatic imine (C=N–C) groups is 1. The van der Waals surface area contributed by atoms with Crippen LogP contribution in [0.5, 0.6) is 0 Å². The van der Waals surface area contributed by atoms with Crippen molar-refractivity contribution >= 4 is 30.0 Å². The number of carboxylic acids is 1. The first-order valence-corrected chi connectivity index (χ1v) is 14.2. The van der Waals surface area contributed by atoms with Crippen molar-refractivity contribution in [2.24, 2.45) is 16.8 Å². The Morgan fingerprint density at radius 1 is 1.05 bits per heavy atom. The van der Waals surface area contributed by atoms with Crippen LogP contribution in [0.1, 0.15) is 78.6 Å². The molecule has 1 aromatic heterocycles. The van der Waals surface area contributed by atoms with Gasteiger partial charge >= 0.3 is 5.97 Å². The van der Waals surface area contributed by atoms with Crippen molar-refractivity contribution in [1.29, 1.82) is 0 Å². The van der Waals surface area contributed by atoms with E-state index in [0.29, 0.717) is 24.2 Å². The Kier molecular flexibility index (Phi) is 11.2. The highest BCUT2D eigenvalue weighted by molar-refractivity contribution is 6.07. The zero-order valence-electron chi connectivity index (χ0n) is 23.9. The number of aromatic carboxylic acids is 1. The number of hydrogen-bond donors (Lipinski definition) is 1. The maximum Gasteiger partial charge on any atom is 0.336 e. The maximum atomic E-state index is 13.0. The standard InChI is InChI=1S/C33H35N3O4.2H2O/c1-2-3-12-31-35-29-18-17-25(34-32(38)27-10-5-4-8-24(27)21-37)19-30(29)36(31)20-22-13-15-23(16-14-22)26-9-6-7-11-28(26)33(39)40;;/h6-7,9,11,13-18,21,24,27H,2-5,8,10,12,19-20H2,1H3,(H,39,40);2*1H2/t24-,27+;;/m0../s1. The van der Waals surface area contributed by atoms with E-state index < -0.39 is 5.97 Å². The van der Waals surface area contributed by atoms with Crippen molar-refractivity contribution in [2.45, 2.75) is 64.8 Å². The van der Waals surface area contributed by atoms with Gasteiger partial charge in [0.25, 0.3) is 0 Å². The van der Waals surface area contributed by atoms with Crippen molar-refractivity contribution in [1.82, 2.24) is 9.55 Å². The van der Waals surface area contributed by atoms with Gasteiger partial charge in [0.05, 0.1) is 22.7 Å². The monoisotopic (exact) mass is 573 g/mol. The minimum atomic E-state index is -0.945. The van der Waals surface area contributed by atoms with Gasteiger partial charge < -0.3 is 25.4 Å². The number of fused-ring (bicyclic) bond motifs is 1. The van der Waals surface area contributed by atoms with Crippen molar-refractivity contribution in [3.63, 3.8) is 0 Å². The molecule has 2 aliphatic rings. The highest BCUT2D eigenvalue weighted by Crippen LogP contribution is 2.31. The summed E-state index contributed by atoms with van der Waals surface area (Å²) in [7, 11) is 0. The number of amides is 1. The molecule has 1 amide bonds. The third-order valence-electron chi connectivity index (χ3n) is 8.05. The second-order valence-corrected chi connectivity index (χ2v) is 10.7. The van der Waals surface area contributed by atoms with Gasteiger partial charge in [-0.3, -0.25) is 4.79 Å². The molecule has 0 radical (unpaired) electrons. The lowest BCUT2D eigenvalue weighted by Gasteiger charge is -2.25. The lowest BCUT2D eigenvalue weighted by atomic mass is 9.79. The van der Waals surface area contributed by atoms with Crippen LogP contribution >= 0.6 is 0 Å². The van der Waals surface area contributed by atoms with Crippen LogP contribution in [-0.4, -0.2) is 49.5 Å². The zero-order chi connectivity index (χ0) is 28.1. The molecule has 0 unspecified atom stereocenters. The highest BCUT2D eigenvalue weighted by Gasteiger charge is 2.31. The summed E-state index contributed by atoms with van der Waals surface area (Å²) in [5.41, 5.74) is 5.56. The Bertz CT molecular complexity index is 1470. The van der Waals surface area contributed by atoms with Crippen LogP contribution in [0.25, 0.3) is 17.2 Å². The van der Waals surface area contributed by atoms with Crippen LogP contribution in [0.4, 0.5) is 0 Å². The molecule has 222 valence electrons. The predicted octanol–water partition coefficient (Wildman–Crippen LogP) is 4.53. The fraction of sp³-hybridized carbons (Fsp3) is 0.364. The van der Waals surface area contributed by atoms with Crippen LogP contribution in [0, 0.1) is 11.8 Å². The molecule has 2 aromatic carbocycles. The molecule has 9 nitrogen and oxygen atoms in total. The first-order chi connectivity index (χ1) is 19.5. The third-order valence-corrected chi connectivity index (χ3v) is 8.05. The van der Waals surface area contributed by atoms with Crippen molar-refractivity contribution in [3.8, 4) is 11.1 Å². The third kappa shape index (κ3) is 6.98. The molecule has 1 heterocycles. The summed E-state index contributed by atoms with van der Waals surface area (Å²) in [5, 5.41) is 9.58. The van der Waals surface area contributed by atoms with Gasteiger partial charge in [-0.15, -0.1) is 0 Å². The van der Waals surface area contributed by atoms with E-state index >= 15 is 0 Å². The Balaban J connectivity index is 0.00000242. The largest absolute Gasteiger partial charge is 0.478 e. The number of aryl methyl sites for hydroxylation is 1. The van der Waals surface area contributed by atoms with Crippen molar-refractivity contribution in [3.05, 3.63) is 82.9 Å². The SMILES string of the molecule is CCCCc1nc2c(n1Cc1ccc(-c3ccccc3C(=O)O)cc1)CC(=NC(=O)[C@@H]1CCCC[C@H]1C=O)C=C2.O.O. The molecule has 0 spiro atoms. The summed E-state index contributed by atoms with van der Waals surface area (Å²) in [4.78, 5) is 45.7. The second-order valence-electron chi connectivity index (χ2n) is 10.7. The molecule has 0 bridgehead atoms. The summed E-state index contributed by atoms with van der Waals surface area (Å²) in [6.45, 7) is 2.78. The summed E-state index contributed by atoms with van der Waals surface area (Å²) in [6, 6.07) is 15.0. The smallest absolute Gasteiger partial charge is 0.336 e. The molecule has 2 atom stereocenters. The van der Waals surface area contributed by atoms with E-state index in [1.165, 1.54) is 0 Å². The maximum absolute atomic E-state index is 13.0. The van der Waals surface area contributed by atoms with E-state index in [1.807, 2.05) is 48.6 Å². The van der Waals surface area contributed by atoms with E-state index in [9.17, 15) is 19.5 Å². The fourth-order valence-electron chi connectivity index (χ4n) is 5.82. The van der Waals surface area contributed by atoms with Gasteiger partial charge in [0.2, 0.25) is 5.91 Å². The second kappa shape index (κ2) is 14.6. The van der Waals surface area contributed by atoms with Gasteiger partial charge in [0.15, 0.2) is 0 Å². The van der Waals surface area contributed by atoms with Gasteiger partial charge in [0, 0.05) is 31.2 Å². The summed E-state index contributed by atoms with van der Waals surface area (Å²) in [5.74, 6) is -0.666. The van der Waals surface area contributed by atoms with Gasteiger partial charge in [-0.25, -0.2) is 14.8 Å². The lowest BCUT2D eigenvalue weighted by molar-refractivity contribution is -0.128. The Labute approximate surface area is 245 Å². The molecule has 2 aliphatic carbocycles. The number of aldehydes is 1. The van der Waals surface area contributed by atoms with E-state index in [1.54, 1.807) is 12.1 Å². The summed E-state index contributed by atoms with van der Waals surface area (Å²) < 4.78 is 2.24. The van der Waals surface area contributed by atoms with Gasteiger partial charge in [0.1, 0.15) is 12.1 Å². The highest BCUT2D eigenvalue weighted by atomic mass is 16.4. The molecule has 1 saturated carbocycles. The van der Waals surface area contributed by atoms with Gasteiger partial charge in [-0.2, -0.15) is 0 Å². The number of aromatic nitrogens is 2. The normalized spacial score (nSPS) is 18.5. The van der Waals surface area contributed by atoms with Crippen LogP contribution in [0.15, 0.2) is 59.6 Å². The molecule has 3 aromatic rings. The minimum absolute atomic E-state index is 0. The number of carboxylic acid groups (broad SMARTS) is 1. The molecule has 9 heteroatoms. The first kappa shape index (κ1) is 32.3. The molecule has 5 N–H and O–H groups in total. The Morgan fingerprint density at radius 3 is 2.50 bits per heavy atom. The van der Waals surface area contributed by atoms with E-state index in [-0.39, 0.29) is 34.3 Å². The number of allylic oxidation sites excluding steroid dienone is 1. The predicted molar refractivity (Wildman–Crippen MR) is 163 cm³/mol. The van der Waals surface area contributed by atoms with Crippen LogP contribution in [0.3, 0.4) is 0 Å². The number of carbonyl (C=O) groups excluding carboxylic acids is 2. The van der Waals surface area contributed by atoms with Crippen molar-refractivity contribution in [2.75, 3.05) is 0 Å². The molecule has 5 rings (SSSR count). The molecule has 0 saturated heterocycles. The fourth-order valence-corrected chi connectivity index (χ4v) is 5.82. The number of imidazole rings is 1. The average Bonchev–Trinajstić information content (AvgIpc) is 3.32. The zero-order valence-corrected chi connectivity index (χ0v) is 23.9. The van der Waals surface area contributed by atoms with Crippen LogP contribution in [-0.2, 0) is 29.0 Å². The number of hydrogen-bond acceptors (Lipinski definition) is 4. The van der Waals surface area contributed by atoms with E-state index in [4.69, 9.17) is 4.98 Å². The molecule has 1 fully saturated rings. The van der Waals surface area contributed by atoms with Crippen LogP contribution in [0.2, 0.25) is 0 Å². The number of nitrogens with zero attached hydrogens (tertiary/aromatic N) is 3. The molecular formula is C33H39N3O6. The summed E-state index contributed by atoms with van der Waals surface area (Å²) in [6.07, 6.45) is 11.6. The van der Waals surface area contributed by atoms with Gasteiger partial charge in [-0.05, 0) is 54.2 Å². The lowest BCUT2D eigenvalue weighted by Crippen LogP contribution is -2.28. The Morgan fingerprint density at radius 2 is 1.79 bits per heavy atom. The number of benzene rings is 2. The number of rotatable bonds is 9. The average molecular weight is 574 g/mol. The van der Waals surface area contributed by atoms with Crippen LogP contribution < -0.4 is 0 Å². The van der Waals surface area contributed by atoms with E-state index in [0.717, 1.165) is 79.6 Å². The molecule has 42 heavy (non-hydrogen) atoms. The number of unbranched alkanes of at least 4 members (excludes halogenated alkanes) is 1. The van der Waals surface area contributed by atoms with Gasteiger partial charge in [-0.1, -0.05) is 68.7 Å². The quantitative estimate of drug-likeness (QED) is 0.371. The molecular weight excluding hydrogens is 534 g/mol. The molecule has 0 aliphatic heterocycles. The van der Waals surface area contributed by atoms with Crippen molar-refractivity contribution < 1.29 is 30.4 Å². The van der Waals surface area contributed by atoms with E-state index in [2.05, 4.69) is 16.5 Å². The number of carbonyl (C=O) groups is 3. The Hall–Kier alpha value is -4.21.